The van der Waals surface area contributed by atoms with E-state index in [4.69, 9.17) is 0 Å². The molecule has 0 aromatic carbocycles. The summed E-state index contributed by atoms with van der Waals surface area (Å²) in [4.78, 5) is 5.12. The Balaban J connectivity index is 0.00000232. The Hall–Kier alpha value is 0.950. The van der Waals surface area contributed by atoms with Crippen LogP contribution in [0.25, 0.3) is 0 Å². The van der Waals surface area contributed by atoms with Crippen LogP contribution in [0.15, 0.2) is 0 Å². The molecule has 1 heterocycles. The summed E-state index contributed by atoms with van der Waals surface area (Å²) in [5.74, 6) is 0. The third kappa shape index (κ3) is 8.74. The van der Waals surface area contributed by atoms with E-state index >= 15 is 0 Å². The monoisotopic (exact) mass is 527 g/mol. The van der Waals surface area contributed by atoms with Crippen molar-refractivity contribution in [2.75, 3.05) is 13.1 Å². The van der Waals surface area contributed by atoms with Crippen LogP contribution < -0.4 is 0 Å². The van der Waals surface area contributed by atoms with E-state index in [-0.39, 0.29) is 11.1 Å². The van der Waals surface area contributed by atoms with Crippen LogP contribution >= 0.6 is 9.19 Å². The third-order valence-electron chi connectivity index (χ3n) is 4.34. The summed E-state index contributed by atoms with van der Waals surface area (Å²) in [5, 5.41) is 0. The van der Waals surface area contributed by atoms with Gasteiger partial charge in [0.2, 0.25) is 0 Å². The van der Waals surface area contributed by atoms with Crippen LogP contribution in [-0.2, 0) is 20.0 Å². The first-order valence-electron chi connectivity index (χ1n) is 8.62. The number of rotatable bonds is 4. The molecule has 0 radical (unpaired) electrons. The Bertz CT molecular complexity index is 319. The van der Waals surface area contributed by atoms with Crippen molar-refractivity contribution in [3.8, 4) is 0 Å². The van der Waals surface area contributed by atoms with E-state index in [1.807, 2.05) is 0 Å². The molecule has 0 bridgehead atoms. The molecule has 1 rings (SSSR count). The molecule has 0 spiro atoms. The molecular weight excluding hydrogens is 489 g/mol. The van der Waals surface area contributed by atoms with E-state index in [2.05, 4.69) is 94.9 Å². The maximum absolute atomic E-state index is 4.58. The average molecular weight is 528 g/mol. The van der Waals surface area contributed by atoms with Gasteiger partial charge in [0.1, 0.15) is 0 Å². The fourth-order valence-corrected chi connectivity index (χ4v) is 4.22. The summed E-state index contributed by atoms with van der Waals surface area (Å²) >= 11 is 1.75. The Morgan fingerprint density at radius 2 is 0.957 bits per heavy atom. The molecule has 0 aromatic heterocycles. The maximum atomic E-state index is 4.58. The zero-order valence-electron chi connectivity index (χ0n) is 17.0. The molecule has 0 amide bonds. The van der Waals surface area contributed by atoms with Crippen molar-refractivity contribution in [3.63, 3.8) is 0 Å². The first-order chi connectivity index (χ1) is 10.1. The van der Waals surface area contributed by atoms with Crippen molar-refractivity contribution < 1.29 is 20.0 Å². The van der Waals surface area contributed by atoms with Crippen LogP contribution in [-0.4, -0.2) is 34.0 Å². The quantitative estimate of drug-likeness (QED) is 0.335. The molecule has 0 unspecified atom stereocenters. The summed E-state index contributed by atoms with van der Waals surface area (Å²) < 4.78 is 0. The van der Waals surface area contributed by atoms with Gasteiger partial charge in [-0.2, -0.15) is 0 Å². The fourth-order valence-electron chi connectivity index (χ4n) is 4.22. The minimum atomic E-state index is 0.227. The molecule has 0 aromatic rings. The number of hydrogen-bond donors (Lipinski definition) is 0. The number of hydrogen-bond acceptors (Lipinski definition) is 2. The van der Waals surface area contributed by atoms with Gasteiger partial charge in [-0.3, -0.25) is 0 Å². The summed E-state index contributed by atoms with van der Waals surface area (Å²) in [7, 11) is 4.58. The molecule has 1 fully saturated rings. The first-order valence-corrected chi connectivity index (χ1v) is 11.3. The van der Waals surface area contributed by atoms with Crippen molar-refractivity contribution in [1.29, 1.82) is 0 Å². The van der Waals surface area contributed by atoms with E-state index < -0.39 is 0 Å². The molecule has 2 nitrogen and oxygen atoms in total. The van der Waals surface area contributed by atoms with Gasteiger partial charge in [-0.15, -0.1) is 0 Å². The van der Waals surface area contributed by atoms with E-state index in [1.54, 1.807) is 20.0 Å². The molecular formula is C19H39AuClN2-. The van der Waals surface area contributed by atoms with Gasteiger partial charge in [0.05, 0.1) is 0 Å². The second-order valence-corrected chi connectivity index (χ2v) is 10.6. The minimum absolute atomic E-state index is 0.227. The Morgan fingerprint density at radius 3 is 1.17 bits per heavy atom. The van der Waals surface area contributed by atoms with Crippen LogP contribution in [0.2, 0.25) is 0 Å². The second-order valence-electron chi connectivity index (χ2n) is 10.6. The van der Waals surface area contributed by atoms with Gasteiger partial charge >= 0.3 is 29.2 Å². The molecule has 1 aliphatic rings. The van der Waals surface area contributed by atoms with Crippen molar-refractivity contribution in [3.05, 3.63) is 6.67 Å². The van der Waals surface area contributed by atoms with Crippen LogP contribution in [0.4, 0.5) is 0 Å². The van der Waals surface area contributed by atoms with Gasteiger partial charge in [-0.25, -0.2) is 6.67 Å². The van der Waals surface area contributed by atoms with Crippen LogP contribution in [0.5, 0.6) is 0 Å². The number of nitrogens with zero attached hydrogens (tertiary/aromatic N) is 2. The van der Waals surface area contributed by atoms with Crippen LogP contribution in [0.3, 0.4) is 0 Å². The van der Waals surface area contributed by atoms with Gasteiger partial charge in [-0.1, -0.05) is 41.5 Å². The normalized spacial score (nSPS) is 18.8. The molecule has 0 atom stereocenters. The molecule has 23 heavy (non-hydrogen) atoms. The van der Waals surface area contributed by atoms with Gasteiger partial charge in [0.15, 0.2) is 0 Å². The van der Waals surface area contributed by atoms with Crippen molar-refractivity contribution in [2.45, 2.75) is 93.2 Å². The van der Waals surface area contributed by atoms with E-state index in [0.29, 0.717) is 10.8 Å². The molecule has 1 saturated heterocycles. The first kappa shape index (κ1) is 24.0. The fraction of sp³-hybridized carbons (Fsp3) is 0.947. The van der Waals surface area contributed by atoms with Crippen molar-refractivity contribution in [1.82, 2.24) is 9.80 Å². The molecule has 144 valence electrons. The van der Waals surface area contributed by atoms with Crippen molar-refractivity contribution >= 4 is 9.19 Å². The van der Waals surface area contributed by atoms with Gasteiger partial charge in [-0.05, 0) is 75.5 Å². The molecule has 4 heteroatoms. The Morgan fingerprint density at radius 1 is 0.696 bits per heavy atom. The zero-order chi connectivity index (χ0) is 18.7. The van der Waals surface area contributed by atoms with Gasteiger partial charge in [0.25, 0.3) is 0 Å². The summed E-state index contributed by atoms with van der Waals surface area (Å²) in [6.45, 7) is 28.3. The molecule has 1 aliphatic heterocycles. The summed E-state index contributed by atoms with van der Waals surface area (Å²) in [5.41, 5.74) is 1.19. The van der Waals surface area contributed by atoms with Gasteiger partial charge < -0.3 is 9.80 Å². The summed E-state index contributed by atoms with van der Waals surface area (Å²) in [6.07, 6.45) is 2.42. The summed E-state index contributed by atoms with van der Waals surface area (Å²) in [6, 6.07) is 0. The molecule has 0 aliphatic carbocycles. The average Bonchev–Trinajstić information content (AvgIpc) is 2.75. The SMILES string of the molecule is CC(C)(C)CC(C)(C)N1[CH-]N(C(C)(C)CC(C)(C)C)CC1.[Cl][Au]. The van der Waals surface area contributed by atoms with Crippen LogP contribution in [0, 0.1) is 17.5 Å². The van der Waals surface area contributed by atoms with Gasteiger partial charge in [0, 0.05) is 0 Å². The van der Waals surface area contributed by atoms with E-state index in [1.165, 1.54) is 12.8 Å². The Labute approximate surface area is 162 Å². The predicted molar refractivity (Wildman–Crippen MR) is 99.9 cm³/mol. The predicted octanol–water partition coefficient (Wildman–Crippen LogP) is 5.84. The second kappa shape index (κ2) is 8.56. The topological polar surface area (TPSA) is 6.48 Å². The standard InChI is InChI=1S/C19H39N2.Au.ClH/c1-16(2,3)13-18(7,8)20-11-12-21(15-20)19(9,10)14-17(4,5)6;;/h15H,11-14H2,1-10H3;;1H/q-1;+1;/p-1. The van der Waals surface area contributed by atoms with Crippen molar-refractivity contribution in [2.24, 2.45) is 10.8 Å². The van der Waals surface area contributed by atoms with E-state index in [0.717, 1.165) is 13.1 Å². The third-order valence-corrected chi connectivity index (χ3v) is 4.34. The van der Waals surface area contributed by atoms with Crippen LogP contribution in [0.1, 0.15) is 82.1 Å². The molecule has 0 N–H and O–H groups in total. The zero-order valence-corrected chi connectivity index (χ0v) is 19.9. The molecule has 0 saturated carbocycles. The number of halogens is 1. The Kier molecular flexibility index (Phi) is 8.91. The van der Waals surface area contributed by atoms with E-state index in [9.17, 15) is 0 Å².